The Kier molecular flexibility index (Phi) is 6.42. The molecule has 2 amide bonds. The van der Waals surface area contributed by atoms with Crippen molar-refractivity contribution in [2.75, 3.05) is 49.6 Å². The van der Waals surface area contributed by atoms with Gasteiger partial charge < -0.3 is 24.6 Å². The number of hydrogen-bond donors (Lipinski definition) is 1. The summed E-state index contributed by atoms with van der Waals surface area (Å²) in [4.78, 5) is 29.5. The molecular formula is C24H29N3O4. The monoisotopic (exact) mass is 423 g/mol. The highest BCUT2D eigenvalue weighted by Crippen LogP contribution is 2.33. The molecule has 1 fully saturated rings. The molecule has 7 heteroatoms. The van der Waals surface area contributed by atoms with E-state index >= 15 is 0 Å². The quantitative estimate of drug-likeness (QED) is 0.801. The Bertz CT molecular complexity index is 923. The van der Waals surface area contributed by atoms with Gasteiger partial charge in [0.15, 0.2) is 6.10 Å². The zero-order valence-electron chi connectivity index (χ0n) is 18.0. The number of amides is 2. The van der Waals surface area contributed by atoms with Gasteiger partial charge in [-0.2, -0.15) is 0 Å². The maximum absolute atomic E-state index is 13.0. The topological polar surface area (TPSA) is 71.1 Å². The first-order chi connectivity index (χ1) is 15.0. The Hall–Kier alpha value is -3.06. The van der Waals surface area contributed by atoms with Crippen LogP contribution in [0, 0.1) is 0 Å². The zero-order valence-corrected chi connectivity index (χ0v) is 18.0. The van der Waals surface area contributed by atoms with Crippen LogP contribution in [0.2, 0.25) is 0 Å². The third-order valence-corrected chi connectivity index (χ3v) is 5.66. The largest absolute Gasteiger partial charge is 0.477 e. The number of carbonyl (C=O) groups is 2. The summed E-state index contributed by atoms with van der Waals surface area (Å²) in [5.74, 6) is 0.865. The van der Waals surface area contributed by atoms with E-state index in [1.165, 1.54) is 5.56 Å². The van der Waals surface area contributed by atoms with Gasteiger partial charge in [0.2, 0.25) is 5.91 Å². The molecule has 2 aromatic carbocycles. The van der Waals surface area contributed by atoms with Crippen molar-refractivity contribution in [1.29, 1.82) is 0 Å². The van der Waals surface area contributed by atoms with Gasteiger partial charge in [0, 0.05) is 18.8 Å². The van der Waals surface area contributed by atoms with Crippen LogP contribution in [-0.2, 0) is 14.3 Å². The standard InChI is InChI=1S/C24H29N3O4/c1-17(2)18-7-9-19(10-8-18)25-23(28)16-27-15-22(24(29)26-11-13-30-14-12-26)31-21-6-4-3-5-20(21)27/h3-10,17,22H,11-16H2,1-2H3,(H,25,28)/t22-/m0/s1. The third-order valence-electron chi connectivity index (χ3n) is 5.66. The molecule has 2 heterocycles. The lowest BCUT2D eigenvalue weighted by Crippen LogP contribution is -2.53. The van der Waals surface area contributed by atoms with Crippen LogP contribution in [0.15, 0.2) is 48.5 Å². The summed E-state index contributed by atoms with van der Waals surface area (Å²) in [5, 5.41) is 2.96. The van der Waals surface area contributed by atoms with E-state index in [1.807, 2.05) is 53.4 Å². The molecule has 0 aliphatic carbocycles. The van der Waals surface area contributed by atoms with E-state index in [1.54, 1.807) is 4.90 Å². The van der Waals surface area contributed by atoms with Crippen LogP contribution in [0.3, 0.4) is 0 Å². The number of benzene rings is 2. The van der Waals surface area contributed by atoms with E-state index in [0.29, 0.717) is 44.5 Å². The molecule has 0 aromatic heterocycles. The van der Waals surface area contributed by atoms with E-state index in [2.05, 4.69) is 19.2 Å². The molecule has 0 spiro atoms. The molecule has 4 rings (SSSR count). The lowest BCUT2D eigenvalue weighted by atomic mass is 10.0. The smallest absolute Gasteiger partial charge is 0.265 e. The lowest BCUT2D eigenvalue weighted by Gasteiger charge is -2.38. The summed E-state index contributed by atoms with van der Waals surface area (Å²) in [6, 6.07) is 15.4. The maximum atomic E-state index is 13.0. The Morgan fingerprint density at radius 1 is 1.06 bits per heavy atom. The molecule has 0 radical (unpaired) electrons. The molecular weight excluding hydrogens is 394 g/mol. The predicted octanol–water partition coefficient (Wildman–Crippen LogP) is 2.87. The van der Waals surface area contributed by atoms with Gasteiger partial charge in [-0.3, -0.25) is 9.59 Å². The molecule has 1 saturated heterocycles. The van der Waals surface area contributed by atoms with Gasteiger partial charge in [0.1, 0.15) is 5.75 Å². The SMILES string of the molecule is CC(C)c1ccc(NC(=O)CN2C[C@@H](C(=O)N3CCOCC3)Oc3ccccc32)cc1. The number of nitrogens with zero attached hydrogens (tertiary/aromatic N) is 2. The van der Waals surface area contributed by atoms with Gasteiger partial charge in [-0.05, 0) is 35.7 Å². The third kappa shape index (κ3) is 4.99. The number of nitrogens with one attached hydrogen (secondary N) is 1. The number of hydrogen-bond acceptors (Lipinski definition) is 5. The van der Waals surface area contributed by atoms with Gasteiger partial charge in [-0.25, -0.2) is 0 Å². The molecule has 1 N–H and O–H groups in total. The molecule has 0 bridgehead atoms. The minimum Gasteiger partial charge on any atom is -0.477 e. The lowest BCUT2D eigenvalue weighted by molar-refractivity contribution is -0.142. The van der Waals surface area contributed by atoms with Gasteiger partial charge in [0.25, 0.3) is 5.91 Å². The number of morpholine rings is 1. The average molecular weight is 424 g/mol. The van der Waals surface area contributed by atoms with E-state index in [9.17, 15) is 9.59 Å². The van der Waals surface area contributed by atoms with Crippen molar-refractivity contribution in [2.45, 2.75) is 25.9 Å². The number of ether oxygens (including phenoxy) is 2. The first-order valence-corrected chi connectivity index (χ1v) is 10.8. The summed E-state index contributed by atoms with van der Waals surface area (Å²) in [7, 11) is 0. The van der Waals surface area contributed by atoms with Crippen molar-refractivity contribution in [2.24, 2.45) is 0 Å². The van der Waals surface area contributed by atoms with Crippen molar-refractivity contribution in [1.82, 2.24) is 4.90 Å². The summed E-state index contributed by atoms with van der Waals surface area (Å²) >= 11 is 0. The van der Waals surface area contributed by atoms with Gasteiger partial charge in [0.05, 0.1) is 32.0 Å². The Labute approximate surface area is 182 Å². The fraction of sp³-hybridized carbons (Fsp3) is 0.417. The highest BCUT2D eigenvalue weighted by Gasteiger charge is 2.34. The highest BCUT2D eigenvalue weighted by molar-refractivity contribution is 5.95. The predicted molar refractivity (Wildman–Crippen MR) is 120 cm³/mol. The molecule has 7 nitrogen and oxygen atoms in total. The van der Waals surface area contributed by atoms with E-state index in [4.69, 9.17) is 9.47 Å². The van der Waals surface area contributed by atoms with Crippen molar-refractivity contribution in [3.63, 3.8) is 0 Å². The normalized spacial score (nSPS) is 18.4. The number of para-hydroxylation sites is 2. The average Bonchev–Trinajstić information content (AvgIpc) is 2.79. The van der Waals surface area contributed by atoms with E-state index < -0.39 is 6.10 Å². The highest BCUT2D eigenvalue weighted by atomic mass is 16.5. The number of rotatable bonds is 5. The van der Waals surface area contributed by atoms with E-state index in [-0.39, 0.29) is 18.4 Å². The van der Waals surface area contributed by atoms with Gasteiger partial charge in [-0.1, -0.05) is 38.1 Å². The van der Waals surface area contributed by atoms with Crippen molar-refractivity contribution in [3.05, 3.63) is 54.1 Å². The van der Waals surface area contributed by atoms with Crippen LogP contribution in [0.25, 0.3) is 0 Å². The molecule has 2 aromatic rings. The molecule has 0 saturated carbocycles. The number of anilines is 2. The summed E-state index contributed by atoms with van der Waals surface area (Å²) in [6.45, 7) is 6.94. The number of fused-ring (bicyclic) bond motifs is 1. The first-order valence-electron chi connectivity index (χ1n) is 10.8. The fourth-order valence-electron chi connectivity index (χ4n) is 3.90. The molecule has 2 aliphatic heterocycles. The van der Waals surface area contributed by atoms with Gasteiger partial charge >= 0.3 is 0 Å². The minimum absolute atomic E-state index is 0.0625. The van der Waals surface area contributed by atoms with Crippen LogP contribution in [0.5, 0.6) is 5.75 Å². The van der Waals surface area contributed by atoms with Crippen LogP contribution >= 0.6 is 0 Å². The number of carbonyl (C=O) groups excluding carboxylic acids is 2. The summed E-state index contributed by atoms with van der Waals surface area (Å²) in [5.41, 5.74) is 2.81. The molecule has 2 aliphatic rings. The Morgan fingerprint density at radius 3 is 2.48 bits per heavy atom. The second-order valence-electron chi connectivity index (χ2n) is 8.22. The zero-order chi connectivity index (χ0) is 21.8. The second kappa shape index (κ2) is 9.39. The Morgan fingerprint density at radius 2 is 1.77 bits per heavy atom. The van der Waals surface area contributed by atoms with Gasteiger partial charge in [-0.15, -0.1) is 0 Å². The molecule has 1 atom stereocenters. The minimum atomic E-state index is -0.647. The Balaban J connectivity index is 1.45. The molecule has 164 valence electrons. The second-order valence-corrected chi connectivity index (χ2v) is 8.22. The summed E-state index contributed by atoms with van der Waals surface area (Å²) in [6.07, 6.45) is -0.647. The first kappa shape index (κ1) is 21.2. The van der Waals surface area contributed by atoms with Crippen LogP contribution in [-0.4, -0.2) is 62.2 Å². The van der Waals surface area contributed by atoms with Crippen LogP contribution < -0.4 is 15.0 Å². The van der Waals surface area contributed by atoms with Crippen LogP contribution in [0.4, 0.5) is 11.4 Å². The van der Waals surface area contributed by atoms with E-state index in [0.717, 1.165) is 11.4 Å². The fourth-order valence-corrected chi connectivity index (χ4v) is 3.90. The van der Waals surface area contributed by atoms with Crippen LogP contribution in [0.1, 0.15) is 25.3 Å². The maximum Gasteiger partial charge on any atom is 0.265 e. The summed E-state index contributed by atoms with van der Waals surface area (Å²) < 4.78 is 11.4. The van der Waals surface area contributed by atoms with Crippen molar-refractivity contribution >= 4 is 23.2 Å². The van der Waals surface area contributed by atoms with Crippen molar-refractivity contribution in [3.8, 4) is 5.75 Å². The molecule has 31 heavy (non-hydrogen) atoms. The molecule has 0 unspecified atom stereocenters. The van der Waals surface area contributed by atoms with Crippen molar-refractivity contribution < 1.29 is 19.1 Å².